The van der Waals surface area contributed by atoms with Crippen molar-refractivity contribution in [3.63, 3.8) is 0 Å². The highest BCUT2D eigenvalue weighted by atomic mass is 19.4. The molecule has 3 nitrogen and oxygen atoms in total. The van der Waals surface area contributed by atoms with Gasteiger partial charge >= 0.3 is 18.3 Å². The third kappa shape index (κ3) is 5.87. The molecule has 0 atom stereocenters. The summed E-state index contributed by atoms with van der Waals surface area (Å²) in [6.45, 7) is 0. The van der Waals surface area contributed by atoms with Gasteiger partial charge in [-0.25, -0.2) is 4.79 Å². The summed E-state index contributed by atoms with van der Waals surface area (Å²) in [5.41, 5.74) is -0.246. The van der Waals surface area contributed by atoms with Crippen LogP contribution in [0.4, 0.5) is 22.0 Å². The molecule has 0 aromatic heterocycles. The van der Waals surface area contributed by atoms with Gasteiger partial charge in [0.2, 0.25) is 0 Å². The van der Waals surface area contributed by atoms with Gasteiger partial charge in [0, 0.05) is 6.08 Å². The van der Waals surface area contributed by atoms with E-state index >= 15 is 0 Å². The van der Waals surface area contributed by atoms with Crippen molar-refractivity contribution in [2.75, 3.05) is 0 Å². The number of halogens is 5. The average molecular weight is 372 g/mol. The highest BCUT2D eigenvalue weighted by Gasteiger charge is 2.35. The van der Waals surface area contributed by atoms with Gasteiger partial charge in [-0.15, -0.1) is 0 Å². The van der Waals surface area contributed by atoms with Crippen molar-refractivity contribution < 1.29 is 36.6 Å². The summed E-state index contributed by atoms with van der Waals surface area (Å²) in [6, 6.07) is 8.94. The SMILES string of the molecule is O=C(O)C=Cc1ccc(OC(F)(F)c2ccc(CC(F)(F)F)cc2)cc1. The lowest BCUT2D eigenvalue weighted by Crippen LogP contribution is -2.22. The quantitative estimate of drug-likeness (QED) is 0.572. The molecular weight excluding hydrogens is 359 g/mol. The van der Waals surface area contributed by atoms with Crippen LogP contribution in [-0.4, -0.2) is 17.3 Å². The van der Waals surface area contributed by atoms with Crippen LogP contribution in [0.15, 0.2) is 54.6 Å². The zero-order chi connectivity index (χ0) is 19.4. The van der Waals surface area contributed by atoms with Gasteiger partial charge < -0.3 is 9.84 Å². The van der Waals surface area contributed by atoms with Gasteiger partial charge in [-0.1, -0.05) is 24.3 Å². The number of alkyl halides is 5. The molecule has 138 valence electrons. The maximum atomic E-state index is 14.1. The van der Waals surface area contributed by atoms with Gasteiger partial charge in [0.05, 0.1) is 12.0 Å². The fraction of sp³-hybridized carbons (Fsp3) is 0.167. The summed E-state index contributed by atoms with van der Waals surface area (Å²) in [5.74, 6) is -1.33. The first-order chi connectivity index (χ1) is 12.0. The molecule has 0 aliphatic carbocycles. The molecule has 2 rings (SSSR count). The molecule has 0 fully saturated rings. The average Bonchev–Trinajstić information content (AvgIpc) is 2.53. The van der Waals surface area contributed by atoms with E-state index in [0.717, 1.165) is 30.3 Å². The number of carboxylic acids is 1. The first-order valence-corrected chi connectivity index (χ1v) is 7.29. The largest absolute Gasteiger partial charge is 0.478 e. The number of ether oxygens (including phenoxy) is 1. The summed E-state index contributed by atoms with van der Waals surface area (Å²) in [6.07, 6.45) is -7.19. The van der Waals surface area contributed by atoms with Crippen LogP contribution in [0.25, 0.3) is 6.08 Å². The van der Waals surface area contributed by atoms with E-state index in [1.165, 1.54) is 30.3 Å². The number of hydrogen-bond donors (Lipinski definition) is 1. The maximum Gasteiger partial charge on any atom is 0.426 e. The Morgan fingerprint density at radius 1 is 0.962 bits per heavy atom. The zero-order valence-corrected chi connectivity index (χ0v) is 13.1. The zero-order valence-electron chi connectivity index (χ0n) is 13.1. The van der Waals surface area contributed by atoms with Crippen molar-refractivity contribution in [1.82, 2.24) is 0 Å². The third-order valence-corrected chi connectivity index (χ3v) is 3.24. The Bertz CT molecular complexity index is 778. The minimum Gasteiger partial charge on any atom is -0.478 e. The minimum absolute atomic E-state index is 0.133. The Hall–Kier alpha value is -2.90. The molecule has 0 unspecified atom stereocenters. The van der Waals surface area contributed by atoms with Gasteiger partial charge in [0.15, 0.2) is 0 Å². The minimum atomic E-state index is -4.42. The predicted octanol–water partition coefficient (Wildman–Crippen LogP) is 5.02. The Balaban J connectivity index is 2.09. The lowest BCUT2D eigenvalue weighted by atomic mass is 10.1. The van der Waals surface area contributed by atoms with Crippen LogP contribution in [0, 0.1) is 0 Å². The fourth-order valence-electron chi connectivity index (χ4n) is 2.07. The van der Waals surface area contributed by atoms with E-state index in [0.29, 0.717) is 5.56 Å². The summed E-state index contributed by atoms with van der Waals surface area (Å²) in [4.78, 5) is 10.4. The number of aliphatic carboxylic acids is 1. The predicted molar refractivity (Wildman–Crippen MR) is 83.8 cm³/mol. The van der Waals surface area contributed by atoms with E-state index in [-0.39, 0.29) is 11.3 Å². The van der Waals surface area contributed by atoms with Crippen molar-refractivity contribution >= 4 is 12.0 Å². The van der Waals surface area contributed by atoms with Gasteiger partial charge in [-0.05, 0) is 41.5 Å². The third-order valence-electron chi connectivity index (χ3n) is 3.24. The molecule has 0 saturated heterocycles. The summed E-state index contributed by atoms with van der Waals surface area (Å²) >= 11 is 0. The van der Waals surface area contributed by atoms with E-state index in [2.05, 4.69) is 4.74 Å². The molecule has 0 saturated carbocycles. The van der Waals surface area contributed by atoms with E-state index in [4.69, 9.17) is 5.11 Å². The molecule has 0 aliphatic heterocycles. The molecule has 2 aromatic carbocycles. The second-order valence-electron chi connectivity index (χ2n) is 5.35. The summed E-state index contributed by atoms with van der Waals surface area (Å²) < 4.78 is 69.7. The second kappa shape index (κ2) is 7.55. The lowest BCUT2D eigenvalue weighted by molar-refractivity contribution is -0.185. The Morgan fingerprint density at radius 2 is 1.54 bits per heavy atom. The van der Waals surface area contributed by atoms with Crippen molar-refractivity contribution in [2.45, 2.75) is 18.7 Å². The normalized spacial score (nSPS) is 12.3. The Labute approximate surface area is 145 Å². The van der Waals surface area contributed by atoms with Crippen LogP contribution >= 0.6 is 0 Å². The van der Waals surface area contributed by atoms with Crippen molar-refractivity contribution in [3.8, 4) is 5.75 Å². The molecule has 0 bridgehead atoms. The first-order valence-electron chi connectivity index (χ1n) is 7.29. The van der Waals surface area contributed by atoms with E-state index in [1.54, 1.807) is 0 Å². The van der Waals surface area contributed by atoms with Crippen LogP contribution in [0.3, 0.4) is 0 Å². The van der Waals surface area contributed by atoms with Gasteiger partial charge in [-0.2, -0.15) is 22.0 Å². The Morgan fingerprint density at radius 3 is 2.04 bits per heavy atom. The smallest absolute Gasteiger partial charge is 0.426 e. The fourth-order valence-corrected chi connectivity index (χ4v) is 2.07. The van der Waals surface area contributed by atoms with E-state index < -0.39 is 30.2 Å². The van der Waals surface area contributed by atoms with Crippen molar-refractivity contribution in [3.05, 3.63) is 71.3 Å². The number of hydrogen-bond acceptors (Lipinski definition) is 2. The molecule has 0 radical (unpaired) electrons. The summed E-state index contributed by atoms with van der Waals surface area (Å²) in [5, 5.41) is 8.52. The van der Waals surface area contributed by atoms with Crippen LogP contribution in [0.1, 0.15) is 16.7 Å². The van der Waals surface area contributed by atoms with E-state index in [9.17, 15) is 26.7 Å². The second-order valence-corrected chi connectivity index (χ2v) is 5.35. The lowest BCUT2D eigenvalue weighted by Gasteiger charge is -2.18. The standard InChI is InChI=1S/C18H13F5O3/c19-17(20,21)11-13-1-6-14(7-2-13)18(22,23)26-15-8-3-12(4-9-15)5-10-16(24)25/h1-10H,11H2,(H,24,25). The van der Waals surface area contributed by atoms with Crippen molar-refractivity contribution in [2.24, 2.45) is 0 Å². The molecule has 2 aromatic rings. The van der Waals surface area contributed by atoms with Crippen LogP contribution < -0.4 is 4.74 Å². The monoisotopic (exact) mass is 372 g/mol. The number of carbonyl (C=O) groups is 1. The number of rotatable bonds is 6. The molecule has 26 heavy (non-hydrogen) atoms. The van der Waals surface area contributed by atoms with Crippen LogP contribution in [0.2, 0.25) is 0 Å². The van der Waals surface area contributed by atoms with Crippen LogP contribution in [0.5, 0.6) is 5.75 Å². The first kappa shape index (κ1) is 19.4. The van der Waals surface area contributed by atoms with Gasteiger partial charge in [-0.3, -0.25) is 0 Å². The van der Waals surface area contributed by atoms with Gasteiger partial charge in [0.1, 0.15) is 5.75 Å². The van der Waals surface area contributed by atoms with E-state index in [1.807, 2.05) is 0 Å². The molecule has 0 aliphatic rings. The highest BCUT2D eigenvalue weighted by Crippen LogP contribution is 2.32. The molecule has 0 spiro atoms. The number of carboxylic acid groups (broad SMARTS) is 1. The highest BCUT2D eigenvalue weighted by molar-refractivity contribution is 5.85. The van der Waals surface area contributed by atoms with Crippen LogP contribution in [-0.2, 0) is 17.3 Å². The number of benzene rings is 2. The topological polar surface area (TPSA) is 46.5 Å². The molecule has 0 amide bonds. The molecular formula is C18H13F5O3. The van der Waals surface area contributed by atoms with Crippen molar-refractivity contribution in [1.29, 1.82) is 0 Å². The maximum absolute atomic E-state index is 14.1. The Kier molecular flexibility index (Phi) is 5.64. The summed E-state index contributed by atoms with van der Waals surface area (Å²) in [7, 11) is 0. The van der Waals surface area contributed by atoms with Gasteiger partial charge in [0.25, 0.3) is 0 Å². The molecule has 1 N–H and O–H groups in total. The molecule has 0 heterocycles. The molecule has 8 heteroatoms.